The van der Waals surface area contributed by atoms with Gasteiger partial charge in [-0.3, -0.25) is 0 Å². The van der Waals surface area contributed by atoms with E-state index < -0.39 is 48.7 Å². The van der Waals surface area contributed by atoms with E-state index in [1.165, 1.54) is 19.1 Å². The summed E-state index contributed by atoms with van der Waals surface area (Å²) in [5, 5.41) is 1.58. The maximum absolute atomic E-state index is 14.0. The highest BCUT2D eigenvalue weighted by molar-refractivity contribution is 5.81. The Hall–Kier alpha value is -2.53. The number of benzene rings is 1. The highest BCUT2D eigenvalue weighted by Gasteiger charge is 2.75. The summed E-state index contributed by atoms with van der Waals surface area (Å²) >= 11 is 0. The summed E-state index contributed by atoms with van der Waals surface area (Å²) in [5.41, 5.74) is 0.470. The molecule has 1 aromatic rings. The van der Waals surface area contributed by atoms with Crippen LogP contribution in [0.15, 0.2) is 30.3 Å². The van der Waals surface area contributed by atoms with Crippen LogP contribution in [0.25, 0.3) is 0 Å². The van der Waals surface area contributed by atoms with Crippen LogP contribution in [0.3, 0.4) is 0 Å². The zero-order valence-electron chi connectivity index (χ0n) is 15.2. The Bertz CT molecular complexity index is 695. The molecule has 2 atom stereocenters. The predicted octanol–water partition coefficient (Wildman–Crippen LogP) is 4.31. The molecular formula is C17H18F7NO4. The van der Waals surface area contributed by atoms with Crippen molar-refractivity contribution in [3.63, 3.8) is 0 Å². The molecule has 1 rings (SSSR count). The first-order valence-corrected chi connectivity index (χ1v) is 8.21. The van der Waals surface area contributed by atoms with Gasteiger partial charge in [-0.25, -0.2) is 9.59 Å². The minimum atomic E-state index is -6.59. The fourth-order valence-electron chi connectivity index (χ4n) is 2.20. The molecule has 12 heteroatoms. The van der Waals surface area contributed by atoms with Gasteiger partial charge in [-0.15, -0.1) is 0 Å². The predicted molar refractivity (Wildman–Crippen MR) is 85.3 cm³/mol. The van der Waals surface area contributed by atoms with Gasteiger partial charge >= 0.3 is 30.1 Å². The molecule has 0 aliphatic heterocycles. The summed E-state index contributed by atoms with van der Waals surface area (Å²) < 4.78 is 101. The van der Waals surface area contributed by atoms with E-state index in [0.29, 0.717) is 5.56 Å². The van der Waals surface area contributed by atoms with Crippen molar-refractivity contribution in [3.8, 4) is 0 Å². The molecule has 1 aromatic carbocycles. The average molecular weight is 433 g/mol. The third-order valence-corrected chi connectivity index (χ3v) is 3.87. The highest BCUT2D eigenvalue weighted by Crippen LogP contribution is 2.50. The lowest BCUT2D eigenvalue weighted by molar-refractivity contribution is -0.365. The van der Waals surface area contributed by atoms with E-state index in [1.807, 2.05) is 0 Å². The van der Waals surface area contributed by atoms with E-state index in [2.05, 4.69) is 4.74 Å². The molecule has 5 nitrogen and oxygen atoms in total. The van der Waals surface area contributed by atoms with Gasteiger partial charge in [0.1, 0.15) is 12.6 Å². The Labute approximate surface area is 161 Å². The van der Waals surface area contributed by atoms with Crippen molar-refractivity contribution in [2.24, 2.45) is 5.92 Å². The summed E-state index contributed by atoms with van der Waals surface area (Å²) in [6, 6.07) is 5.40. The monoisotopic (exact) mass is 433 g/mol. The van der Waals surface area contributed by atoms with E-state index in [0.717, 1.165) is 0 Å². The van der Waals surface area contributed by atoms with Crippen LogP contribution in [-0.4, -0.2) is 42.7 Å². The van der Waals surface area contributed by atoms with Crippen LogP contribution in [-0.2, 0) is 20.9 Å². The topological polar surface area (TPSA) is 64.6 Å². The molecule has 29 heavy (non-hydrogen) atoms. The lowest BCUT2D eigenvalue weighted by atomic mass is 9.90. The summed E-state index contributed by atoms with van der Waals surface area (Å²) in [5.74, 6) is -16.8. The van der Waals surface area contributed by atoms with Crippen molar-refractivity contribution in [2.45, 2.75) is 44.5 Å². The molecular weight excluding hydrogens is 415 g/mol. The summed E-state index contributed by atoms with van der Waals surface area (Å²) in [7, 11) is 0. The minimum Gasteiger partial charge on any atom is -0.464 e. The van der Waals surface area contributed by atoms with Crippen LogP contribution in [0, 0.1) is 5.92 Å². The van der Waals surface area contributed by atoms with Gasteiger partial charge in [0.15, 0.2) is 0 Å². The first-order chi connectivity index (χ1) is 13.3. The molecule has 0 heterocycles. The van der Waals surface area contributed by atoms with Gasteiger partial charge in [0.05, 0.1) is 12.5 Å². The molecule has 1 amide bonds. The molecule has 0 aliphatic carbocycles. The van der Waals surface area contributed by atoms with E-state index >= 15 is 0 Å². The maximum atomic E-state index is 14.0. The van der Waals surface area contributed by atoms with Crippen LogP contribution < -0.4 is 5.32 Å². The fourth-order valence-corrected chi connectivity index (χ4v) is 2.20. The van der Waals surface area contributed by atoms with Crippen molar-refractivity contribution in [1.29, 1.82) is 0 Å². The summed E-state index contributed by atoms with van der Waals surface area (Å²) in [6.45, 7) is 0.740. The van der Waals surface area contributed by atoms with Gasteiger partial charge < -0.3 is 14.8 Å². The molecule has 0 saturated heterocycles. The number of ether oxygens (including phenoxy) is 2. The molecule has 164 valence electrons. The number of carbonyl (C=O) groups is 2. The molecule has 0 radical (unpaired) electrons. The van der Waals surface area contributed by atoms with Crippen LogP contribution >= 0.6 is 0 Å². The molecule has 0 saturated carbocycles. The molecule has 0 aromatic heterocycles. The SMILES string of the molecule is CCOC(=O)C(NC(=O)OCc1ccccc1)C(C)C(F)(F)C(F)(F)C(F)(F)F. The smallest absolute Gasteiger partial charge is 0.459 e. The van der Waals surface area contributed by atoms with Gasteiger partial charge in [0.2, 0.25) is 0 Å². The maximum Gasteiger partial charge on any atom is 0.459 e. The molecule has 0 fully saturated rings. The largest absolute Gasteiger partial charge is 0.464 e. The van der Waals surface area contributed by atoms with Gasteiger partial charge in [0, 0.05) is 0 Å². The van der Waals surface area contributed by atoms with Crippen molar-refractivity contribution in [3.05, 3.63) is 35.9 Å². The molecule has 1 N–H and O–H groups in total. The Balaban J connectivity index is 3.02. The molecule has 0 bridgehead atoms. The third-order valence-electron chi connectivity index (χ3n) is 3.87. The van der Waals surface area contributed by atoms with Crippen molar-refractivity contribution < 1.29 is 49.8 Å². The van der Waals surface area contributed by atoms with Crippen LogP contribution in [0.2, 0.25) is 0 Å². The Kier molecular flexibility index (Phi) is 7.87. The lowest BCUT2D eigenvalue weighted by Gasteiger charge is -2.35. The molecule has 0 spiro atoms. The molecule has 0 aliphatic rings. The number of hydrogen-bond acceptors (Lipinski definition) is 4. The minimum absolute atomic E-state index is 0.263. The second-order valence-electron chi connectivity index (χ2n) is 5.92. The second-order valence-corrected chi connectivity index (χ2v) is 5.92. The van der Waals surface area contributed by atoms with Gasteiger partial charge in [-0.2, -0.15) is 30.7 Å². The number of amides is 1. The van der Waals surface area contributed by atoms with Crippen molar-refractivity contribution >= 4 is 12.1 Å². The number of rotatable bonds is 8. The fraction of sp³-hybridized carbons (Fsp3) is 0.529. The quantitative estimate of drug-likeness (QED) is 0.490. The number of nitrogens with one attached hydrogen (secondary N) is 1. The zero-order chi connectivity index (χ0) is 22.5. The van der Waals surface area contributed by atoms with Crippen molar-refractivity contribution in [1.82, 2.24) is 5.32 Å². The number of halogens is 7. The normalized spacial score (nSPS) is 14.7. The number of alkyl carbamates (subject to hydrolysis) is 1. The summed E-state index contributed by atoms with van der Waals surface area (Å²) in [6.07, 6.45) is -8.07. The van der Waals surface area contributed by atoms with Gasteiger partial charge in [-0.05, 0) is 12.5 Å². The Morgan fingerprint density at radius 2 is 1.55 bits per heavy atom. The number of hydrogen-bond donors (Lipinski definition) is 1. The second kappa shape index (κ2) is 9.31. The van der Waals surface area contributed by atoms with Crippen molar-refractivity contribution in [2.75, 3.05) is 6.61 Å². The Morgan fingerprint density at radius 3 is 2.03 bits per heavy atom. The van der Waals surface area contributed by atoms with E-state index in [-0.39, 0.29) is 13.5 Å². The van der Waals surface area contributed by atoms with E-state index in [9.17, 15) is 40.3 Å². The lowest BCUT2D eigenvalue weighted by Crippen LogP contribution is -2.61. The van der Waals surface area contributed by atoms with E-state index in [4.69, 9.17) is 4.74 Å². The van der Waals surface area contributed by atoms with Gasteiger partial charge in [-0.1, -0.05) is 37.3 Å². The average Bonchev–Trinajstić information content (AvgIpc) is 2.63. The first-order valence-electron chi connectivity index (χ1n) is 8.21. The van der Waals surface area contributed by atoms with E-state index in [1.54, 1.807) is 23.5 Å². The van der Waals surface area contributed by atoms with Crippen LogP contribution in [0.5, 0.6) is 0 Å². The van der Waals surface area contributed by atoms with Crippen LogP contribution in [0.1, 0.15) is 19.4 Å². The zero-order valence-corrected chi connectivity index (χ0v) is 15.2. The number of alkyl halides is 7. The van der Waals surface area contributed by atoms with Crippen LogP contribution in [0.4, 0.5) is 35.5 Å². The summed E-state index contributed by atoms with van der Waals surface area (Å²) in [4.78, 5) is 23.7. The Morgan fingerprint density at radius 1 is 1.00 bits per heavy atom. The number of esters is 1. The number of carbonyl (C=O) groups excluding carboxylic acids is 2. The third kappa shape index (κ3) is 5.73. The standard InChI is InChI=1S/C17H18F7NO4/c1-3-28-13(26)12(10(2)15(18,19)16(20,21)17(22,23)24)25-14(27)29-9-11-7-5-4-6-8-11/h4-8,10,12H,3,9H2,1-2H3,(H,25,27). The first kappa shape index (κ1) is 24.5. The highest BCUT2D eigenvalue weighted by atomic mass is 19.4. The molecule has 2 unspecified atom stereocenters. The van der Waals surface area contributed by atoms with Gasteiger partial charge in [0.25, 0.3) is 0 Å².